The minimum absolute atomic E-state index is 0.0346. The molecule has 1 atom stereocenters. The summed E-state index contributed by atoms with van der Waals surface area (Å²) < 4.78 is 21.9. The molecule has 1 amide bonds. The second-order valence-electron chi connectivity index (χ2n) is 6.83. The molecule has 2 aromatic carbocycles. The van der Waals surface area contributed by atoms with E-state index in [1.807, 2.05) is 31.2 Å². The number of carbonyl (C=O) groups excluding carboxylic acids is 1. The van der Waals surface area contributed by atoms with Crippen LogP contribution >= 0.6 is 0 Å². The Bertz CT molecular complexity index is 1050. The first kappa shape index (κ1) is 19.8. The van der Waals surface area contributed by atoms with Gasteiger partial charge in [0.15, 0.2) is 5.82 Å². The fourth-order valence-corrected chi connectivity index (χ4v) is 3.56. The Morgan fingerprint density at radius 3 is 2.73 bits per heavy atom. The van der Waals surface area contributed by atoms with Gasteiger partial charge in [-0.1, -0.05) is 17.3 Å². The monoisotopic (exact) mass is 409 g/mol. The standard InChI is InChI=1S/C22H23N3O5/c1-4-29-18-8-6-5-7-16(18)22-23-21(24-30-22)14-11-20(26)25(13-14)17-12-15(27-2)9-10-19(17)28-3/h5-10,12,14H,4,11,13H2,1-3H3. The third-order valence-corrected chi connectivity index (χ3v) is 5.03. The van der Waals surface area contributed by atoms with Crippen LogP contribution in [0.5, 0.6) is 17.2 Å². The van der Waals surface area contributed by atoms with Crippen LogP contribution in [0.2, 0.25) is 0 Å². The number of hydrogen-bond acceptors (Lipinski definition) is 7. The largest absolute Gasteiger partial charge is 0.497 e. The Hall–Kier alpha value is -3.55. The van der Waals surface area contributed by atoms with E-state index < -0.39 is 0 Å². The Morgan fingerprint density at radius 2 is 1.97 bits per heavy atom. The van der Waals surface area contributed by atoms with Gasteiger partial charge in [-0.3, -0.25) is 4.79 Å². The molecule has 1 aliphatic heterocycles. The molecule has 0 aliphatic carbocycles. The Morgan fingerprint density at radius 1 is 1.13 bits per heavy atom. The van der Waals surface area contributed by atoms with Gasteiger partial charge in [0, 0.05) is 24.9 Å². The lowest BCUT2D eigenvalue weighted by Crippen LogP contribution is -2.25. The van der Waals surface area contributed by atoms with Gasteiger partial charge in [-0.25, -0.2) is 0 Å². The summed E-state index contributed by atoms with van der Waals surface area (Å²) in [5.74, 6) is 2.58. The molecule has 1 saturated heterocycles. The van der Waals surface area contributed by atoms with Crippen molar-refractivity contribution >= 4 is 11.6 Å². The maximum atomic E-state index is 12.8. The molecule has 30 heavy (non-hydrogen) atoms. The molecule has 0 spiro atoms. The molecule has 2 heterocycles. The first-order chi connectivity index (χ1) is 14.6. The van der Waals surface area contributed by atoms with Gasteiger partial charge < -0.3 is 23.6 Å². The average Bonchev–Trinajstić information content (AvgIpc) is 3.41. The van der Waals surface area contributed by atoms with Crippen molar-refractivity contribution in [2.24, 2.45) is 0 Å². The molecular formula is C22H23N3O5. The van der Waals surface area contributed by atoms with E-state index in [1.165, 1.54) is 0 Å². The van der Waals surface area contributed by atoms with Crippen molar-refractivity contribution < 1.29 is 23.5 Å². The smallest absolute Gasteiger partial charge is 0.261 e. The number of nitrogens with zero attached hydrogens (tertiary/aromatic N) is 3. The summed E-state index contributed by atoms with van der Waals surface area (Å²) in [7, 11) is 3.16. The van der Waals surface area contributed by atoms with Gasteiger partial charge in [0.1, 0.15) is 17.2 Å². The second-order valence-corrected chi connectivity index (χ2v) is 6.83. The van der Waals surface area contributed by atoms with Crippen molar-refractivity contribution in [3.05, 3.63) is 48.3 Å². The van der Waals surface area contributed by atoms with Crippen LogP contribution in [0.15, 0.2) is 47.0 Å². The van der Waals surface area contributed by atoms with E-state index in [9.17, 15) is 4.79 Å². The highest BCUT2D eigenvalue weighted by Crippen LogP contribution is 2.38. The maximum Gasteiger partial charge on any atom is 0.261 e. The average molecular weight is 409 g/mol. The van der Waals surface area contributed by atoms with Gasteiger partial charge in [-0.05, 0) is 31.2 Å². The topological polar surface area (TPSA) is 86.9 Å². The van der Waals surface area contributed by atoms with Crippen LogP contribution in [0, 0.1) is 0 Å². The molecule has 8 nitrogen and oxygen atoms in total. The lowest BCUT2D eigenvalue weighted by Gasteiger charge is -2.20. The first-order valence-electron chi connectivity index (χ1n) is 9.72. The van der Waals surface area contributed by atoms with Gasteiger partial charge in [-0.2, -0.15) is 4.98 Å². The van der Waals surface area contributed by atoms with E-state index in [0.717, 1.165) is 5.56 Å². The van der Waals surface area contributed by atoms with E-state index in [-0.39, 0.29) is 18.2 Å². The minimum Gasteiger partial charge on any atom is -0.497 e. The predicted molar refractivity (Wildman–Crippen MR) is 110 cm³/mol. The highest BCUT2D eigenvalue weighted by atomic mass is 16.5. The van der Waals surface area contributed by atoms with Crippen LogP contribution in [0.25, 0.3) is 11.5 Å². The van der Waals surface area contributed by atoms with Crippen LogP contribution < -0.4 is 19.1 Å². The number of aromatic nitrogens is 2. The van der Waals surface area contributed by atoms with Crippen molar-refractivity contribution in [3.63, 3.8) is 0 Å². The molecule has 156 valence electrons. The number of hydrogen-bond donors (Lipinski definition) is 0. The zero-order valence-electron chi connectivity index (χ0n) is 17.1. The third-order valence-electron chi connectivity index (χ3n) is 5.03. The maximum absolute atomic E-state index is 12.8. The van der Waals surface area contributed by atoms with E-state index >= 15 is 0 Å². The molecule has 0 radical (unpaired) electrons. The summed E-state index contributed by atoms with van der Waals surface area (Å²) in [6, 6.07) is 12.9. The number of carbonyl (C=O) groups is 1. The molecule has 0 saturated carbocycles. The summed E-state index contributed by atoms with van der Waals surface area (Å²) in [4.78, 5) is 19.0. The summed E-state index contributed by atoms with van der Waals surface area (Å²) in [6.07, 6.45) is 0.284. The van der Waals surface area contributed by atoms with Gasteiger partial charge in [-0.15, -0.1) is 0 Å². The molecule has 3 aromatic rings. The normalized spacial score (nSPS) is 16.0. The van der Waals surface area contributed by atoms with Gasteiger partial charge in [0.25, 0.3) is 5.89 Å². The molecule has 1 unspecified atom stereocenters. The molecule has 1 aromatic heterocycles. The summed E-state index contributed by atoms with van der Waals surface area (Å²) >= 11 is 0. The van der Waals surface area contributed by atoms with Gasteiger partial charge >= 0.3 is 0 Å². The Labute approximate surface area is 174 Å². The zero-order valence-corrected chi connectivity index (χ0v) is 17.1. The molecule has 0 N–H and O–H groups in total. The lowest BCUT2D eigenvalue weighted by atomic mass is 10.1. The Kier molecular flexibility index (Phi) is 5.56. The molecule has 8 heteroatoms. The summed E-state index contributed by atoms with van der Waals surface area (Å²) in [6.45, 7) is 2.88. The Balaban J connectivity index is 1.59. The SMILES string of the molecule is CCOc1ccccc1-c1nc(C2CC(=O)N(c3cc(OC)ccc3OC)C2)no1. The third kappa shape index (κ3) is 3.68. The molecule has 4 rings (SSSR count). The van der Waals surface area contributed by atoms with Crippen molar-refractivity contribution in [1.82, 2.24) is 10.1 Å². The van der Waals surface area contributed by atoms with Crippen molar-refractivity contribution in [2.75, 3.05) is 32.3 Å². The fourth-order valence-electron chi connectivity index (χ4n) is 3.56. The predicted octanol–water partition coefficient (Wildman–Crippen LogP) is 3.67. The summed E-state index contributed by atoms with van der Waals surface area (Å²) in [5.41, 5.74) is 1.39. The van der Waals surface area contributed by atoms with Crippen molar-refractivity contribution in [1.29, 1.82) is 0 Å². The van der Waals surface area contributed by atoms with Crippen LogP contribution in [0.3, 0.4) is 0 Å². The lowest BCUT2D eigenvalue weighted by molar-refractivity contribution is -0.117. The van der Waals surface area contributed by atoms with E-state index in [1.54, 1.807) is 37.3 Å². The number of para-hydroxylation sites is 1. The van der Waals surface area contributed by atoms with Crippen LogP contribution in [-0.4, -0.2) is 43.4 Å². The number of benzene rings is 2. The minimum atomic E-state index is -0.190. The van der Waals surface area contributed by atoms with E-state index in [4.69, 9.17) is 18.7 Å². The van der Waals surface area contributed by atoms with E-state index in [2.05, 4.69) is 10.1 Å². The van der Waals surface area contributed by atoms with Crippen LogP contribution in [0.1, 0.15) is 25.1 Å². The molecule has 1 fully saturated rings. The second kappa shape index (κ2) is 8.44. The zero-order chi connectivity index (χ0) is 21.1. The van der Waals surface area contributed by atoms with Gasteiger partial charge in [0.05, 0.1) is 32.1 Å². The number of rotatable bonds is 7. The fraction of sp³-hybridized carbons (Fsp3) is 0.318. The quantitative estimate of drug-likeness (QED) is 0.588. The molecular weight excluding hydrogens is 386 g/mol. The first-order valence-corrected chi connectivity index (χ1v) is 9.72. The molecule has 0 bridgehead atoms. The number of amides is 1. The number of ether oxygens (including phenoxy) is 3. The highest BCUT2D eigenvalue weighted by Gasteiger charge is 2.36. The van der Waals surface area contributed by atoms with Gasteiger partial charge in [0.2, 0.25) is 5.91 Å². The number of methoxy groups -OCH3 is 2. The summed E-state index contributed by atoms with van der Waals surface area (Å²) in [5, 5.41) is 4.14. The van der Waals surface area contributed by atoms with Crippen molar-refractivity contribution in [3.8, 4) is 28.7 Å². The van der Waals surface area contributed by atoms with Crippen molar-refractivity contribution in [2.45, 2.75) is 19.3 Å². The van der Waals surface area contributed by atoms with Crippen LogP contribution in [-0.2, 0) is 4.79 Å². The molecule has 1 aliphatic rings. The highest BCUT2D eigenvalue weighted by molar-refractivity contribution is 5.98. The van der Waals surface area contributed by atoms with E-state index in [0.29, 0.717) is 47.8 Å². The number of anilines is 1. The van der Waals surface area contributed by atoms with Crippen LogP contribution in [0.4, 0.5) is 5.69 Å².